The Morgan fingerprint density at radius 2 is 1.83 bits per heavy atom. The van der Waals surface area contributed by atoms with Crippen molar-refractivity contribution in [3.8, 4) is 11.1 Å². The number of pyridine rings is 1. The number of hydrogen-bond donors (Lipinski definition) is 1. The molecule has 1 aliphatic rings. The van der Waals surface area contributed by atoms with Gasteiger partial charge in [-0.05, 0) is 48.9 Å². The van der Waals surface area contributed by atoms with Crippen molar-refractivity contribution in [2.24, 2.45) is 0 Å². The van der Waals surface area contributed by atoms with Gasteiger partial charge in [-0.1, -0.05) is 23.7 Å². The number of hydrogen-bond acceptors (Lipinski definition) is 5. The number of anilines is 3. The number of piperazine rings is 1. The van der Waals surface area contributed by atoms with E-state index in [4.69, 9.17) is 16.6 Å². The van der Waals surface area contributed by atoms with Crippen LogP contribution in [0.15, 0.2) is 54.7 Å². The lowest BCUT2D eigenvalue weighted by atomic mass is 10.0. The second kappa shape index (κ2) is 9.20. The average Bonchev–Trinajstić information content (AvgIpc) is 3.27. The SMILES string of the molecule is C[C@@H]1CN(c2ncccc2Cl)CCN1c1nc2c(-c3ccc(N(C)C)cc3)cc(C(F)(F)F)cc2[nH]1. The first-order valence-electron chi connectivity index (χ1n) is 11.6. The Labute approximate surface area is 212 Å². The molecule has 5 rings (SSSR count). The van der Waals surface area contributed by atoms with Crippen molar-refractivity contribution in [2.45, 2.75) is 19.1 Å². The van der Waals surface area contributed by atoms with Gasteiger partial charge in [0.05, 0.1) is 21.6 Å². The van der Waals surface area contributed by atoms with Crippen molar-refractivity contribution in [1.82, 2.24) is 15.0 Å². The molecule has 0 amide bonds. The van der Waals surface area contributed by atoms with Gasteiger partial charge < -0.3 is 19.7 Å². The van der Waals surface area contributed by atoms with Crippen molar-refractivity contribution in [3.63, 3.8) is 0 Å². The van der Waals surface area contributed by atoms with E-state index in [2.05, 4.69) is 26.7 Å². The molecule has 2 aromatic heterocycles. The van der Waals surface area contributed by atoms with Gasteiger partial charge in [-0.2, -0.15) is 13.2 Å². The Hall–Kier alpha value is -3.46. The largest absolute Gasteiger partial charge is 0.416 e. The van der Waals surface area contributed by atoms with Crippen LogP contribution in [0.5, 0.6) is 0 Å². The number of fused-ring (bicyclic) bond motifs is 1. The van der Waals surface area contributed by atoms with Gasteiger partial charge in [0.1, 0.15) is 5.82 Å². The predicted octanol–water partition coefficient (Wildman–Crippen LogP) is 6.08. The number of nitrogens with one attached hydrogen (secondary N) is 1. The molecule has 4 aromatic rings. The Morgan fingerprint density at radius 1 is 1.08 bits per heavy atom. The van der Waals surface area contributed by atoms with E-state index in [1.807, 2.05) is 49.3 Å². The lowest BCUT2D eigenvalue weighted by Gasteiger charge is -2.40. The fourth-order valence-corrected chi connectivity index (χ4v) is 4.88. The summed E-state index contributed by atoms with van der Waals surface area (Å²) in [5.74, 6) is 1.28. The zero-order valence-corrected chi connectivity index (χ0v) is 20.9. The van der Waals surface area contributed by atoms with Crippen LogP contribution in [0.2, 0.25) is 5.02 Å². The van der Waals surface area contributed by atoms with Crippen LogP contribution in [-0.2, 0) is 6.18 Å². The van der Waals surface area contributed by atoms with Gasteiger partial charge >= 0.3 is 6.18 Å². The van der Waals surface area contributed by atoms with E-state index in [9.17, 15) is 13.2 Å². The van der Waals surface area contributed by atoms with Crippen molar-refractivity contribution in [2.75, 3.05) is 48.4 Å². The number of alkyl halides is 3. The first-order chi connectivity index (χ1) is 17.1. The number of aromatic amines is 1. The number of nitrogens with zero attached hydrogens (tertiary/aromatic N) is 5. The Morgan fingerprint density at radius 3 is 2.47 bits per heavy atom. The molecule has 1 N–H and O–H groups in total. The average molecular weight is 515 g/mol. The summed E-state index contributed by atoms with van der Waals surface area (Å²) in [5, 5.41) is 0.589. The maximum Gasteiger partial charge on any atom is 0.416 e. The normalized spacial score (nSPS) is 16.6. The van der Waals surface area contributed by atoms with Gasteiger partial charge in [0, 0.05) is 57.2 Å². The van der Waals surface area contributed by atoms with Crippen LogP contribution in [0.4, 0.5) is 30.6 Å². The van der Waals surface area contributed by atoms with Gasteiger partial charge in [-0.15, -0.1) is 0 Å². The number of aromatic nitrogens is 3. The van der Waals surface area contributed by atoms with Crippen molar-refractivity contribution >= 4 is 40.1 Å². The molecule has 188 valence electrons. The van der Waals surface area contributed by atoms with Crippen LogP contribution in [-0.4, -0.2) is 54.7 Å². The molecule has 1 saturated heterocycles. The second-order valence-corrected chi connectivity index (χ2v) is 9.62. The zero-order valence-electron chi connectivity index (χ0n) is 20.1. The van der Waals surface area contributed by atoms with Gasteiger partial charge in [0.25, 0.3) is 0 Å². The molecule has 1 aliphatic heterocycles. The highest BCUT2D eigenvalue weighted by atomic mass is 35.5. The summed E-state index contributed by atoms with van der Waals surface area (Å²) in [4.78, 5) is 18.5. The molecular weight excluding hydrogens is 489 g/mol. The summed E-state index contributed by atoms with van der Waals surface area (Å²) in [5.41, 5.74) is 2.24. The first kappa shape index (κ1) is 24.2. The van der Waals surface area contributed by atoms with Crippen LogP contribution in [0.1, 0.15) is 12.5 Å². The molecule has 0 unspecified atom stereocenters. The number of halogens is 4. The summed E-state index contributed by atoms with van der Waals surface area (Å²) in [7, 11) is 3.83. The Bertz CT molecular complexity index is 1380. The molecule has 0 aliphatic carbocycles. The lowest BCUT2D eigenvalue weighted by molar-refractivity contribution is -0.137. The molecule has 6 nitrogen and oxygen atoms in total. The monoisotopic (exact) mass is 514 g/mol. The third kappa shape index (κ3) is 4.55. The summed E-state index contributed by atoms with van der Waals surface area (Å²) in [6, 6.07) is 13.4. The molecule has 1 fully saturated rings. The molecule has 3 heterocycles. The summed E-state index contributed by atoms with van der Waals surface area (Å²) in [6.07, 6.45) is -2.76. The minimum atomic E-state index is -4.47. The Kier molecular flexibility index (Phi) is 6.20. The molecular formula is C26H26ClF3N6. The first-order valence-corrected chi connectivity index (χ1v) is 12.0. The van der Waals surface area contributed by atoms with E-state index in [1.165, 1.54) is 6.07 Å². The molecule has 0 radical (unpaired) electrons. The number of imidazole rings is 1. The maximum atomic E-state index is 13.8. The van der Waals surface area contributed by atoms with Crippen LogP contribution in [0.25, 0.3) is 22.2 Å². The molecule has 0 spiro atoms. The summed E-state index contributed by atoms with van der Waals surface area (Å²) >= 11 is 6.34. The topological polar surface area (TPSA) is 51.3 Å². The van der Waals surface area contributed by atoms with Crippen LogP contribution < -0.4 is 14.7 Å². The fourth-order valence-electron chi connectivity index (χ4n) is 4.64. The lowest BCUT2D eigenvalue weighted by Crippen LogP contribution is -2.52. The molecule has 36 heavy (non-hydrogen) atoms. The predicted molar refractivity (Wildman–Crippen MR) is 139 cm³/mol. The Balaban J connectivity index is 1.51. The maximum absolute atomic E-state index is 13.8. The molecule has 0 bridgehead atoms. The van der Waals surface area contributed by atoms with Crippen molar-refractivity contribution < 1.29 is 13.2 Å². The number of rotatable bonds is 4. The second-order valence-electron chi connectivity index (χ2n) is 9.22. The van der Waals surface area contributed by atoms with Gasteiger partial charge in [-0.25, -0.2) is 9.97 Å². The quantitative estimate of drug-likeness (QED) is 0.358. The van der Waals surface area contributed by atoms with E-state index in [0.29, 0.717) is 52.8 Å². The summed E-state index contributed by atoms with van der Waals surface area (Å²) < 4.78 is 41.3. The van der Waals surface area contributed by atoms with E-state index < -0.39 is 11.7 Å². The highest BCUT2D eigenvalue weighted by Gasteiger charge is 2.33. The third-order valence-electron chi connectivity index (χ3n) is 6.53. The van der Waals surface area contributed by atoms with Crippen molar-refractivity contribution in [3.05, 3.63) is 65.3 Å². The van der Waals surface area contributed by atoms with Crippen LogP contribution >= 0.6 is 11.6 Å². The van der Waals surface area contributed by atoms with Crippen LogP contribution in [0.3, 0.4) is 0 Å². The standard InChI is InChI=1S/C26H26ClF3N6/c1-16-15-35(24-21(27)5-4-10-31-24)11-12-36(16)25-32-22-14-18(26(28,29)30)13-20(23(22)33-25)17-6-8-19(9-7-17)34(2)3/h4-10,13-14,16H,11-12,15H2,1-3H3,(H,32,33)/t16-/m1/s1. The smallest absolute Gasteiger partial charge is 0.378 e. The van der Waals surface area contributed by atoms with E-state index in [-0.39, 0.29) is 6.04 Å². The minimum Gasteiger partial charge on any atom is -0.378 e. The molecule has 10 heteroatoms. The van der Waals surface area contributed by atoms with Crippen molar-refractivity contribution in [1.29, 1.82) is 0 Å². The highest BCUT2D eigenvalue weighted by molar-refractivity contribution is 6.32. The highest BCUT2D eigenvalue weighted by Crippen LogP contribution is 2.38. The van der Waals surface area contributed by atoms with Gasteiger partial charge in [-0.3, -0.25) is 0 Å². The van der Waals surface area contributed by atoms with Crippen LogP contribution in [0, 0.1) is 0 Å². The van der Waals surface area contributed by atoms with E-state index in [1.54, 1.807) is 12.3 Å². The zero-order chi connectivity index (χ0) is 25.6. The third-order valence-corrected chi connectivity index (χ3v) is 6.83. The minimum absolute atomic E-state index is 0.0299. The van der Waals surface area contributed by atoms with E-state index in [0.717, 1.165) is 17.6 Å². The van der Waals surface area contributed by atoms with Gasteiger partial charge in [0.2, 0.25) is 5.95 Å². The fraction of sp³-hybridized carbons (Fsp3) is 0.308. The molecule has 1 atom stereocenters. The number of H-pyrrole nitrogens is 1. The molecule has 0 saturated carbocycles. The van der Waals surface area contributed by atoms with E-state index >= 15 is 0 Å². The molecule has 2 aromatic carbocycles. The van der Waals surface area contributed by atoms with Gasteiger partial charge in [0.15, 0.2) is 0 Å². The number of benzene rings is 2. The summed E-state index contributed by atoms with van der Waals surface area (Å²) in [6.45, 7) is 3.98.